The molecule has 0 aliphatic heterocycles. The van der Waals surface area contributed by atoms with E-state index in [1.165, 1.54) is 0 Å². The second kappa shape index (κ2) is 8.98. The van der Waals surface area contributed by atoms with Crippen LogP contribution in [0.25, 0.3) is 0 Å². The standard InChI is InChI=1S/C12H12BF16/c14-5(15)9(22,23)1-13(2-10(24,25)6(16)17,3-11(26,27)7(18)19)4-12(28,29)8(20)21/h5-8H,1-4H2/q-1. The summed E-state index contributed by atoms with van der Waals surface area (Å²) in [6, 6.07) is 0. The minimum Gasteiger partial charge on any atom is -0.204 e. The molecule has 29 heavy (non-hydrogen) atoms. The van der Waals surface area contributed by atoms with Gasteiger partial charge < -0.3 is 0 Å². The first-order valence-corrected chi connectivity index (χ1v) is 7.46. The van der Waals surface area contributed by atoms with Gasteiger partial charge in [-0.2, -0.15) is 0 Å². The van der Waals surface area contributed by atoms with E-state index < -0.39 is 80.8 Å². The summed E-state index contributed by atoms with van der Waals surface area (Å²) in [4.78, 5) is 0. The highest BCUT2D eigenvalue weighted by atomic mass is 19.3. The normalized spacial score (nSPS) is 15.3. The number of rotatable bonds is 12. The van der Waals surface area contributed by atoms with Gasteiger partial charge in [0.2, 0.25) is 0 Å². The molecule has 0 nitrogen and oxygen atoms in total. The minimum absolute atomic E-state index is 3.13. The lowest BCUT2D eigenvalue weighted by Gasteiger charge is -2.46. The third-order valence-electron chi connectivity index (χ3n) is 4.10. The summed E-state index contributed by atoms with van der Waals surface area (Å²) in [5, 5.41) is 0. The molecule has 176 valence electrons. The Morgan fingerprint density at radius 2 is 0.517 bits per heavy atom. The molecule has 0 saturated carbocycles. The molecule has 0 aliphatic rings. The minimum atomic E-state index is -5.69. The van der Waals surface area contributed by atoms with Crippen LogP contribution in [-0.2, 0) is 0 Å². The fraction of sp³-hybridized carbons (Fsp3) is 1.00. The van der Waals surface area contributed by atoms with Crippen molar-refractivity contribution in [1.29, 1.82) is 0 Å². The van der Waals surface area contributed by atoms with E-state index in [-0.39, 0.29) is 0 Å². The molecule has 0 saturated heterocycles. The fourth-order valence-electron chi connectivity index (χ4n) is 3.10. The molecule has 0 atom stereocenters. The molecular formula is C12H12BF16-. The Morgan fingerprint density at radius 3 is 0.621 bits per heavy atom. The molecule has 0 aliphatic carbocycles. The maximum atomic E-state index is 13.3. The van der Waals surface area contributed by atoms with Gasteiger partial charge in [-0.3, -0.25) is 0 Å². The average Bonchev–Trinajstić information content (AvgIpc) is 2.43. The van der Waals surface area contributed by atoms with Gasteiger partial charge in [-0.25, -0.2) is 70.2 Å². The Balaban J connectivity index is 6.59. The molecule has 0 heterocycles. The molecule has 0 unspecified atom stereocenters. The van der Waals surface area contributed by atoms with Gasteiger partial charge >= 0.3 is 0 Å². The maximum Gasteiger partial charge on any atom is 0.297 e. The van der Waals surface area contributed by atoms with Crippen molar-refractivity contribution in [2.24, 2.45) is 0 Å². The highest BCUT2D eigenvalue weighted by Crippen LogP contribution is 2.50. The predicted molar refractivity (Wildman–Crippen MR) is 68.8 cm³/mol. The van der Waals surface area contributed by atoms with Crippen molar-refractivity contribution >= 4 is 6.15 Å². The zero-order chi connectivity index (χ0) is 23.6. The molecule has 0 radical (unpaired) electrons. The van der Waals surface area contributed by atoms with E-state index in [0.29, 0.717) is 0 Å². The first kappa shape index (κ1) is 27.9. The zero-order valence-electron chi connectivity index (χ0n) is 13.8. The van der Waals surface area contributed by atoms with E-state index in [1.54, 1.807) is 0 Å². The van der Waals surface area contributed by atoms with E-state index in [9.17, 15) is 70.2 Å². The van der Waals surface area contributed by atoms with Crippen LogP contribution >= 0.6 is 0 Å². The van der Waals surface area contributed by atoms with E-state index in [1.807, 2.05) is 0 Å². The van der Waals surface area contributed by atoms with E-state index in [2.05, 4.69) is 0 Å². The molecule has 0 aromatic rings. The van der Waals surface area contributed by atoms with Gasteiger partial charge in [0.15, 0.2) is 0 Å². The quantitative estimate of drug-likeness (QED) is 0.212. The fourth-order valence-corrected chi connectivity index (χ4v) is 3.10. The summed E-state index contributed by atoms with van der Waals surface area (Å²) >= 11 is 0. The van der Waals surface area contributed by atoms with Gasteiger partial charge in [-0.05, 0) is 0 Å². The Labute approximate surface area is 152 Å². The molecule has 0 bridgehead atoms. The molecule has 0 aromatic heterocycles. The monoisotopic (exact) mass is 471 g/mol. The largest absolute Gasteiger partial charge is 0.297 e. The topological polar surface area (TPSA) is 0 Å². The molecule has 0 fully saturated rings. The molecule has 0 N–H and O–H groups in total. The van der Waals surface area contributed by atoms with Crippen LogP contribution in [0.3, 0.4) is 0 Å². The molecule has 0 amide bonds. The van der Waals surface area contributed by atoms with Crippen LogP contribution in [-0.4, -0.2) is 55.5 Å². The first-order valence-electron chi connectivity index (χ1n) is 7.46. The van der Waals surface area contributed by atoms with Crippen LogP contribution in [0.15, 0.2) is 0 Å². The summed E-state index contributed by atoms with van der Waals surface area (Å²) in [6.07, 6.45) is -37.6. The van der Waals surface area contributed by atoms with Crippen LogP contribution in [0.5, 0.6) is 0 Å². The SMILES string of the molecule is FC(F)C(F)(F)C[B-](CC(F)(F)C(F)F)(CC(F)(F)C(F)F)CC(F)(F)C(F)F. The molecule has 0 spiro atoms. The van der Waals surface area contributed by atoms with Crippen LogP contribution in [0.1, 0.15) is 0 Å². The zero-order valence-corrected chi connectivity index (χ0v) is 13.8. The van der Waals surface area contributed by atoms with E-state index in [0.717, 1.165) is 0 Å². The van der Waals surface area contributed by atoms with Gasteiger partial charge in [-0.15, -0.1) is 25.3 Å². The van der Waals surface area contributed by atoms with Crippen molar-refractivity contribution in [3.63, 3.8) is 0 Å². The maximum absolute atomic E-state index is 13.3. The molecule has 17 heteroatoms. The van der Waals surface area contributed by atoms with Gasteiger partial charge in [0.05, 0.1) is 0 Å². The third kappa shape index (κ3) is 7.61. The van der Waals surface area contributed by atoms with Crippen molar-refractivity contribution < 1.29 is 70.2 Å². The summed E-state index contributed by atoms with van der Waals surface area (Å²) in [7, 11) is 0. The molecule has 0 rings (SSSR count). The Kier molecular flexibility index (Phi) is 8.65. The van der Waals surface area contributed by atoms with Crippen molar-refractivity contribution in [1.82, 2.24) is 0 Å². The Hall–Kier alpha value is -1.06. The second-order valence-corrected chi connectivity index (χ2v) is 6.80. The number of halogens is 16. The van der Waals surface area contributed by atoms with Crippen molar-refractivity contribution in [3.8, 4) is 0 Å². The van der Waals surface area contributed by atoms with Crippen LogP contribution in [0.2, 0.25) is 25.3 Å². The molecule has 0 aromatic carbocycles. The summed E-state index contributed by atoms with van der Waals surface area (Å²) in [5.41, 5.74) is 0. The second-order valence-electron chi connectivity index (χ2n) is 6.80. The Bertz CT molecular complexity index is 423. The number of hydrogen-bond donors (Lipinski definition) is 0. The van der Waals surface area contributed by atoms with Crippen LogP contribution in [0.4, 0.5) is 70.2 Å². The van der Waals surface area contributed by atoms with Crippen molar-refractivity contribution in [2.75, 3.05) is 0 Å². The lowest BCUT2D eigenvalue weighted by molar-refractivity contribution is -0.135. The number of alkyl halides is 16. The smallest absolute Gasteiger partial charge is 0.204 e. The first-order chi connectivity index (χ1) is 12.6. The summed E-state index contributed by atoms with van der Waals surface area (Å²) in [6.45, 7) is 0. The number of hydrogen-bond acceptors (Lipinski definition) is 0. The highest BCUT2D eigenvalue weighted by Gasteiger charge is 2.58. The third-order valence-corrected chi connectivity index (χ3v) is 4.10. The van der Waals surface area contributed by atoms with Crippen LogP contribution in [0, 0.1) is 0 Å². The Morgan fingerprint density at radius 1 is 0.379 bits per heavy atom. The van der Waals surface area contributed by atoms with Crippen molar-refractivity contribution in [2.45, 2.75) is 74.7 Å². The lowest BCUT2D eigenvalue weighted by Crippen LogP contribution is -2.55. The van der Waals surface area contributed by atoms with E-state index >= 15 is 0 Å². The summed E-state index contributed by atoms with van der Waals surface area (Å²) in [5.74, 6) is -22.7. The van der Waals surface area contributed by atoms with Crippen molar-refractivity contribution in [3.05, 3.63) is 0 Å². The van der Waals surface area contributed by atoms with Gasteiger partial charge in [0.25, 0.3) is 49.4 Å². The van der Waals surface area contributed by atoms with Crippen LogP contribution < -0.4 is 0 Å². The summed E-state index contributed by atoms with van der Waals surface area (Å²) < 4.78 is 206. The predicted octanol–water partition coefficient (Wildman–Crippen LogP) is 7.04. The van der Waals surface area contributed by atoms with E-state index in [4.69, 9.17) is 0 Å². The lowest BCUT2D eigenvalue weighted by atomic mass is 9.16. The van der Waals surface area contributed by atoms with Gasteiger partial charge in [0.1, 0.15) is 0 Å². The highest BCUT2D eigenvalue weighted by molar-refractivity contribution is 6.80. The average molecular weight is 471 g/mol. The van der Waals surface area contributed by atoms with Gasteiger partial charge in [0, 0.05) is 6.15 Å². The van der Waals surface area contributed by atoms with Gasteiger partial charge in [-0.1, -0.05) is 0 Å². The molecular weight excluding hydrogens is 459 g/mol.